The number of benzene rings is 1. The first-order valence-electron chi connectivity index (χ1n) is 10.3. The third-order valence-corrected chi connectivity index (χ3v) is 7.09. The summed E-state index contributed by atoms with van der Waals surface area (Å²) >= 11 is 1.65. The number of fused-ring (bicyclic) bond motifs is 1. The van der Waals surface area contributed by atoms with Crippen LogP contribution in [0.25, 0.3) is 10.1 Å². The number of aromatic nitrogens is 1. The second-order valence-electron chi connectivity index (χ2n) is 7.79. The number of nitrogens with zero attached hydrogens (tertiary/aromatic N) is 3. The van der Waals surface area contributed by atoms with Crippen molar-refractivity contribution in [2.45, 2.75) is 18.9 Å². The summed E-state index contributed by atoms with van der Waals surface area (Å²) in [4.78, 5) is 23.2. The maximum Gasteiger partial charge on any atom is 0.264 e. The molecule has 2 aliphatic heterocycles. The average molecular weight is 408 g/mol. The van der Waals surface area contributed by atoms with E-state index < -0.39 is 0 Å². The molecule has 29 heavy (non-hydrogen) atoms. The van der Waals surface area contributed by atoms with Crippen LogP contribution in [0.5, 0.6) is 0 Å². The SMILES string of the molecule is O=C(c1sc2ccccc2c1[C@H]1CCN(Cc2ccccn2)C1)N1CCOCC1. The summed E-state index contributed by atoms with van der Waals surface area (Å²) in [6.45, 7) is 5.51. The van der Waals surface area contributed by atoms with Gasteiger partial charge in [0.2, 0.25) is 0 Å². The number of amides is 1. The van der Waals surface area contributed by atoms with Crippen molar-refractivity contribution in [2.75, 3.05) is 39.4 Å². The Hall–Kier alpha value is -2.28. The Morgan fingerprint density at radius 1 is 1.10 bits per heavy atom. The van der Waals surface area contributed by atoms with Crippen molar-refractivity contribution in [3.63, 3.8) is 0 Å². The lowest BCUT2D eigenvalue weighted by Crippen LogP contribution is -2.40. The normalized spacial score (nSPS) is 20.4. The molecule has 1 atom stereocenters. The number of morpholine rings is 1. The highest BCUT2D eigenvalue weighted by atomic mass is 32.1. The van der Waals surface area contributed by atoms with Gasteiger partial charge >= 0.3 is 0 Å². The third kappa shape index (κ3) is 3.80. The van der Waals surface area contributed by atoms with E-state index in [4.69, 9.17) is 4.74 Å². The molecular formula is C23H25N3O2S. The maximum atomic E-state index is 13.4. The molecule has 5 rings (SSSR count). The number of thiophene rings is 1. The molecule has 0 N–H and O–H groups in total. The molecule has 0 radical (unpaired) electrons. The van der Waals surface area contributed by atoms with Gasteiger partial charge in [0.25, 0.3) is 5.91 Å². The van der Waals surface area contributed by atoms with Crippen LogP contribution in [0.4, 0.5) is 0 Å². The first-order valence-corrected chi connectivity index (χ1v) is 11.1. The van der Waals surface area contributed by atoms with Crippen LogP contribution >= 0.6 is 11.3 Å². The Kier molecular flexibility index (Phi) is 5.31. The highest BCUT2D eigenvalue weighted by Gasteiger charge is 2.32. The molecule has 0 bridgehead atoms. The van der Waals surface area contributed by atoms with Crippen LogP contribution in [0.3, 0.4) is 0 Å². The number of rotatable bonds is 4. The average Bonchev–Trinajstić information content (AvgIpc) is 3.38. The molecule has 4 heterocycles. The zero-order valence-corrected chi connectivity index (χ0v) is 17.2. The fourth-order valence-corrected chi connectivity index (χ4v) is 5.73. The second kappa shape index (κ2) is 8.22. The Balaban J connectivity index is 1.43. The molecule has 2 aromatic heterocycles. The lowest BCUT2D eigenvalue weighted by Gasteiger charge is -2.27. The minimum atomic E-state index is 0.174. The standard InChI is InChI=1S/C23H25N3O2S/c27-23(26-11-13-28-14-12-26)22-21(19-6-1-2-7-20(19)29-22)17-8-10-25(15-17)16-18-5-3-4-9-24-18/h1-7,9,17H,8,10-16H2/t17-/m0/s1. The summed E-state index contributed by atoms with van der Waals surface area (Å²) in [5.74, 6) is 0.558. The number of likely N-dealkylation sites (tertiary alicyclic amines) is 1. The minimum Gasteiger partial charge on any atom is -0.378 e. The molecule has 1 amide bonds. The number of pyridine rings is 1. The fraction of sp³-hybridized carbons (Fsp3) is 0.391. The summed E-state index contributed by atoms with van der Waals surface area (Å²) in [5.41, 5.74) is 2.36. The fourth-order valence-electron chi connectivity index (χ4n) is 4.47. The van der Waals surface area contributed by atoms with Crippen LogP contribution < -0.4 is 0 Å². The van der Waals surface area contributed by atoms with Crippen molar-refractivity contribution in [1.29, 1.82) is 0 Å². The van der Waals surface area contributed by atoms with E-state index in [9.17, 15) is 4.79 Å². The lowest BCUT2D eigenvalue weighted by atomic mass is 9.94. The van der Waals surface area contributed by atoms with Gasteiger partial charge in [0.05, 0.1) is 23.8 Å². The van der Waals surface area contributed by atoms with E-state index in [1.165, 1.54) is 15.6 Å². The molecule has 0 saturated carbocycles. The van der Waals surface area contributed by atoms with Gasteiger partial charge in [-0.3, -0.25) is 14.7 Å². The van der Waals surface area contributed by atoms with Crippen LogP contribution in [0.15, 0.2) is 48.7 Å². The quantitative estimate of drug-likeness (QED) is 0.661. The van der Waals surface area contributed by atoms with Crippen molar-refractivity contribution in [3.05, 3.63) is 64.8 Å². The van der Waals surface area contributed by atoms with Gasteiger partial charge in [0.1, 0.15) is 0 Å². The van der Waals surface area contributed by atoms with Crippen LogP contribution in [-0.2, 0) is 11.3 Å². The van der Waals surface area contributed by atoms with E-state index in [1.807, 2.05) is 23.2 Å². The molecule has 1 aromatic carbocycles. The maximum absolute atomic E-state index is 13.4. The Morgan fingerprint density at radius 2 is 1.93 bits per heavy atom. The summed E-state index contributed by atoms with van der Waals surface area (Å²) in [7, 11) is 0. The van der Waals surface area contributed by atoms with Gasteiger partial charge in [-0.25, -0.2) is 0 Å². The molecule has 2 aliphatic rings. The first-order chi connectivity index (χ1) is 14.3. The number of carbonyl (C=O) groups is 1. The van der Waals surface area contributed by atoms with Crippen molar-refractivity contribution >= 4 is 27.3 Å². The van der Waals surface area contributed by atoms with Crippen LogP contribution in [0, 0.1) is 0 Å². The highest BCUT2D eigenvalue weighted by molar-refractivity contribution is 7.21. The predicted molar refractivity (Wildman–Crippen MR) is 115 cm³/mol. The van der Waals surface area contributed by atoms with Crippen LogP contribution in [0.1, 0.15) is 33.3 Å². The van der Waals surface area contributed by atoms with E-state index in [0.717, 1.165) is 36.6 Å². The van der Waals surface area contributed by atoms with Crippen molar-refractivity contribution < 1.29 is 9.53 Å². The number of ether oxygens (including phenoxy) is 1. The smallest absolute Gasteiger partial charge is 0.264 e. The van der Waals surface area contributed by atoms with Crippen molar-refractivity contribution in [3.8, 4) is 0 Å². The summed E-state index contributed by atoms with van der Waals surface area (Å²) in [5, 5.41) is 1.25. The molecule has 0 spiro atoms. The van der Waals surface area contributed by atoms with Crippen molar-refractivity contribution in [1.82, 2.24) is 14.8 Å². The van der Waals surface area contributed by atoms with Crippen LogP contribution in [0.2, 0.25) is 0 Å². The topological polar surface area (TPSA) is 45.7 Å². The van der Waals surface area contributed by atoms with Gasteiger partial charge in [-0.05, 0) is 42.1 Å². The molecule has 3 aromatic rings. The molecule has 0 unspecified atom stereocenters. The molecular weight excluding hydrogens is 382 g/mol. The summed E-state index contributed by atoms with van der Waals surface area (Å²) in [6.07, 6.45) is 2.94. The second-order valence-corrected chi connectivity index (χ2v) is 8.84. The van der Waals surface area contributed by atoms with E-state index in [2.05, 4.69) is 40.2 Å². The zero-order valence-electron chi connectivity index (χ0n) is 16.4. The predicted octanol–water partition coefficient (Wildman–Crippen LogP) is 3.76. The monoisotopic (exact) mass is 407 g/mol. The number of carbonyl (C=O) groups excluding carboxylic acids is 1. The Morgan fingerprint density at radius 3 is 2.76 bits per heavy atom. The molecule has 0 aliphatic carbocycles. The third-order valence-electron chi connectivity index (χ3n) is 5.92. The van der Waals surface area contributed by atoms with Crippen molar-refractivity contribution in [2.24, 2.45) is 0 Å². The van der Waals surface area contributed by atoms with Gasteiger partial charge in [-0.15, -0.1) is 11.3 Å². The highest BCUT2D eigenvalue weighted by Crippen LogP contribution is 2.41. The Labute approximate surface area is 174 Å². The van der Waals surface area contributed by atoms with Crippen LogP contribution in [-0.4, -0.2) is 60.1 Å². The first kappa shape index (κ1) is 18.7. The molecule has 150 valence electrons. The van der Waals surface area contributed by atoms with Gasteiger partial charge in [0, 0.05) is 43.0 Å². The van der Waals surface area contributed by atoms with E-state index >= 15 is 0 Å². The largest absolute Gasteiger partial charge is 0.378 e. The number of hydrogen-bond donors (Lipinski definition) is 0. The molecule has 6 heteroatoms. The van der Waals surface area contributed by atoms with Gasteiger partial charge < -0.3 is 9.64 Å². The molecule has 5 nitrogen and oxygen atoms in total. The summed E-state index contributed by atoms with van der Waals surface area (Å²) in [6, 6.07) is 14.5. The van der Waals surface area contributed by atoms with Gasteiger partial charge in [-0.1, -0.05) is 24.3 Å². The zero-order chi connectivity index (χ0) is 19.6. The molecule has 2 saturated heterocycles. The number of hydrogen-bond acceptors (Lipinski definition) is 5. The van der Waals surface area contributed by atoms with Gasteiger partial charge in [0.15, 0.2) is 0 Å². The van der Waals surface area contributed by atoms with E-state index in [0.29, 0.717) is 32.2 Å². The Bertz CT molecular complexity index is 998. The lowest BCUT2D eigenvalue weighted by molar-refractivity contribution is 0.0305. The molecule has 2 fully saturated rings. The summed E-state index contributed by atoms with van der Waals surface area (Å²) < 4.78 is 6.65. The van der Waals surface area contributed by atoms with E-state index in [-0.39, 0.29) is 5.91 Å². The van der Waals surface area contributed by atoms with Gasteiger partial charge in [-0.2, -0.15) is 0 Å². The van der Waals surface area contributed by atoms with E-state index in [1.54, 1.807) is 11.3 Å². The minimum absolute atomic E-state index is 0.174.